The number of carbonyl (C=O) groups is 2. The van der Waals surface area contributed by atoms with Gasteiger partial charge in [-0.2, -0.15) is 12.6 Å². The smallest absolute Gasteiger partial charge is 0.326 e. The first-order valence-corrected chi connectivity index (χ1v) is 10.5. The van der Waals surface area contributed by atoms with Gasteiger partial charge in [-0.1, -0.05) is 84.9 Å². The van der Waals surface area contributed by atoms with E-state index in [0.29, 0.717) is 16.8 Å². The first kappa shape index (κ1) is 20.7. The van der Waals surface area contributed by atoms with Crippen LogP contribution in [0.5, 0.6) is 0 Å². The summed E-state index contributed by atoms with van der Waals surface area (Å²) in [5, 5.41) is 14.3. The second-order valence-electron chi connectivity index (χ2n) is 7.17. The molecule has 0 fully saturated rings. The van der Waals surface area contributed by atoms with Crippen LogP contribution in [0.15, 0.2) is 91.0 Å². The lowest BCUT2D eigenvalue weighted by Crippen LogP contribution is -2.31. The predicted molar refractivity (Wildman–Crippen MR) is 128 cm³/mol. The Kier molecular flexibility index (Phi) is 6.05. The summed E-state index contributed by atoms with van der Waals surface area (Å²) in [6, 6.07) is 27.5. The van der Waals surface area contributed by atoms with Crippen molar-refractivity contribution in [1.29, 1.82) is 0 Å². The Morgan fingerprint density at radius 2 is 1.48 bits per heavy atom. The highest BCUT2D eigenvalue weighted by Gasteiger charge is 2.23. The highest BCUT2D eigenvalue weighted by molar-refractivity contribution is 7.80. The average Bonchev–Trinajstić information content (AvgIpc) is 2.82. The number of carbonyl (C=O) groups excluding carboxylic acids is 1. The van der Waals surface area contributed by atoms with E-state index in [1.165, 1.54) is 0 Å². The van der Waals surface area contributed by atoms with E-state index in [-0.39, 0.29) is 11.5 Å². The average molecular weight is 428 g/mol. The molecule has 4 nitrogen and oxygen atoms in total. The van der Waals surface area contributed by atoms with E-state index in [9.17, 15) is 14.7 Å². The maximum atomic E-state index is 13.7. The Morgan fingerprint density at radius 3 is 2.23 bits per heavy atom. The summed E-state index contributed by atoms with van der Waals surface area (Å²) in [6.45, 7) is 0. The van der Waals surface area contributed by atoms with Gasteiger partial charge < -0.3 is 10.4 Å². The van der Waals surface area contributed by atoms with E-state index in [1.807, 2.05) is 78.9 Å². The van der Waals surface area contributed by atoms with Crippen molar-refractivity contribution in [3.05, 3.63) is 102 Å². The van der Waals surface area contributed by atoms with Gasteiger partial charge in [0, 0.05) is 22.3 Å². The molecule has 1 unspecified atom stereocenters. The molecule has 5 heteroatoms. The van der Waals surface area contributed by atoms with Crippen LogP contribution in [-0.4, -0.2) is 28.7 Å². The molecule has 4 rings (SSSR count). The van der Waals surface area contributed by atoms with Gasteiger partial charge in [0.15, 0.2) is 5.78 Å². The van der Waals surface area contributed by atoms with Gasteiger partial charge >= 0.3 is 5.97 Å². The molecular weight excluding hydrogens is 406 g/mol. The number of thiol groups is 1. The molecule has 0 saturated carbocycles. The third-order valence-electron chi connectivity index (χ3n) is 5.23. The number of rotatable bonds is 7. The largest absolute Gasteiger partial charge is 0.480 e. The minimum Gasteiger partial charge on any atom is -0.480 e. The molecule has 0 aliphatic rings. The van der Waals surface area contributed by atoms with Crippen molar-refractivity contribution in [2.75, 3.05) is 11.1 Å². The van der Waals surface area contributed by atoms with E-state index in [0.717, 1.165) is 21.9 Å². The number of aliphatic carboxylic acids is 1. The van der Waals surface area contributed by atoms with Gasteiger partial charge in [0.2, 0.25) is 0 Å². The van der Waals surface area contributed by atoms with Crippen LogP contribution in [0, 0.1) is 0 Å². The molecule has 0 aromatic heterocycles. The molecule has 4 aromatic rings. The van der Waals surface area contributed by atoms with Crippen molar-refractivity contribution < 1.29 is 14.7 Å². The van der Waals surface area contributed by atoms with Crippen LogP contribution >= 0.6 is 12.6 Å². The van der Waals surface area contributed by atoms with Crippen molar-refractivity contribution >= 4 is 40.8 Å². The van der Waals surface area contributed by atoms with Gasteiger partial charge in [-0.05, 0) is 22.6 Å². The Balaban J connectivity index is 1.88. The van der Waals surface area contributed by atoms with E-state index in [2.05, 4.69) is 17.9 Å². The first-order valence-electron chi connectivity index (χ1n) is 9.91. The Morgan fingerprint density at radius 1 is 0.806 bits per heavy atom. The maximum absolute atomic E-state index is 13.7. The third-order valence-corrected chi connectivity index (χ3v) is 5.59. The lowest BCUT2D eigenvalue weighted by molar-refractivity contribution is -0.137. The maximum Gasteiger partial charge on any atom is 0.326 e. The van der Waals surface area contributed by atoms with Crippen LogP contribution in [0.4, 0.5) is 5.69 Å². The minimum atomic E-state index is -1.02. The molecule has 2 N–H and O–H groups in total. The lowest BCUT2D eigenvalue weighted by Gasteiger charge is -2.19. The van der Waals surface area contributed by atoms with Gasteiger partial charge in [0.05, 0.1) is 5.69 Å². The summed E-state index contributed by atoms with van der Waals surface area (Å²) in [6.07, 6.45) is 0. The molecule has 1 atom stereocenters. The van der Waals surface area contributed by atoms with Crippen LogP contribution in [0.1, 0.15) is 15.9 Å². The van der Waals surface area contributed by atoms with E-state index >= 15 is 0 Å². The number of carboxylic acid groups (broad SMARTS) is 1. The topological polar surface area (TPSA) is 66.4 Å². The summed E-state index contributed by atoms with van der Waals surface area (Å²) < 4.78 is 0. The summed E-state index contributed by atoms with van der Waals surface area (Å²) in [5.41, 5.74) is 3.27. The number of anilines is 1. The standard InChI is InChI=1S/C26H21NO3S/c28-25(21-13-7-6-11-19(21)17-8-2-1-3-9-17)22-15-14-18-10-4-5-12-20(18)24(22)27-23(16-31)26(29)30/h1-15,23,27,31H,16H2,(H,29,30). The van der Waals surface area contributed by atoms with Crippen molar-refractivity contribution in [3.63, 3.8) is 0 Å². The zero-order valence-corrected chi connectivity index (χ0v) is 17.6. The van der Waals surface area contributed by atoms with Crippen molar-refractivity contribution in [2.45, 2.75) is 6.04 Å². The number of benzene rings is 4. The first-order chi connectivity index (χ1) is 15.1. The van der Waals surface area contributed by atoms with E-state index < -0.39 is 12.0 Å². The van der Waals surface area contributed by atoms with Crippen LogP contribution in [0.2, 0.25) is 0 Å². The molecule has 31 heavy (non-hydrogen) atoms. The quantitative estimate of drug-likeness (QED) is 0.268. The molecule has 0 aliphatic heterocycles. The molecule has 4 aromatic carbocycles. The summed E-state index contributed by atoms with van der Waals surface area (Å²) in [5.74, 6) is -1.10. The number of hydrogen-bond acceptors (Lipinski definition) is 4. The van der Waals surface area contributed by atoms with E-state index in [4.69, 9.17) is 0 Å². The molecule has 0 amide bonds. The molecule has 0 aliphatic carbocycles. The number of fused-ring (bicyclic) bond motifs is 1. The van der Waals surface area contributed by atoms with Gasteiger partial charge in [0.25, 0.3) is 0 Å². The molecule has 0 saturated heterocycles. The fraction of sp³-hybridized carbons (Fsp3) is 0.0769. The molecule has 0 spiro atoms. The number of nitrogens with one attached hydrogen (secondary N) is 1. The van der Waals surface area contributed by atoms with Gasteiger partial charge in [-0.25, -0.2) is 4.79 Å². The lowest BCUT2D eigenvalue weighted by atomic mass is 9.91. The highest BCUT2D eigenvalue weighted by atomic mass is 32.1. The Hall–Kier alpha value is -3.57. The molecule has 0 bridgehead atoms. The van der Waals surface area contributed by atoms with Crippen LogP contribution in [0.25, 0.3) is 21.9 Å². The van der Waals surface area contributed by atoms with Gasteiger partial charge in [-0.15, -0.1) is 0 Å². The monoisotopic (exact) mass is 427 g/mol. The van der Waals surface area contributed by atoms with Crippen LogP contribution in [-0.2, 0) is 4.79 Å². The third kappa shape index (κ3) is 4.18. The SMILES string of the molecule is O=C(c1ccccc1-c1ccccc1)c1ccc2ccccc2c1NC(CS)C(=O)O. The Labute approximate surface area is 186 Å². The van der Waals surface area contributed by atoms with Crippen LogP contribution in [0.3, 0.4) is 0 Å². The highest BCUT2D eigenvalue weighted by Crippen LogP contribution is 2.33. The fourth-order valence-electron chi connectivity index (χ4n) is 3.67. The van der Waals surface area contributed by atoms with Crippen LogP contribution < -0.4 is 5.32 Å². The van der Waals surface area contributed by atoms with Crippen molar-refractivity contribution in [2.24, 2.45) is 0 Å². The predicted octanol–water partition coefficient (Wildman–Crippen LogP) is 5.53. The molecular formula is C26H21NO3S. The second kappa shape index (κ2) is 9.06. The number of ketones is 1. The number of carboxylic acids is 1. The molecule has 0 heterocycles. The second-order valence-corrected chi connectivity index (χ2v) is 7.53. The summed E-state index contributed by atoms with van der Waals surface area (Å²) in [7, 11) is 0. The summed E-state index contributed by atoms with van der Waals surface area (Å²) in [4.78, 5) is 25.4. The zero-order valence-electron chi connectivity index (χ0n) is 16.7. The van der Waals surface area contributed by atoms with Crippen molar-refractivity contribution in [1.82, 2.24) is 0 Å². The fourth-order valence-corrected chi connectivity index (χ4v) is 3.92. The van der Waals surface area contributed by atoms with E-state index in [1.54, 1.807) is 12.1 Å². The minimum absolute atomic E-state index is 0.0901. The van der Waals surface area contributed by atoms with Crippen molar-refractivity contribution in [3.8, 4) is 11.1 Å². The Bertz CT molecular complexity index is 1250. The molecule has 154 valence electrons. The normalized spacial score (nSPS) is 11.8. The van der Waals surface area contributed by atoms with Gasteiger partial charge in [-0.3, -0.25) is 4.79 Å². The number of hydrogen-bond donors (Lipinski definition) is 3. The zero-order chi connectivity index (χ0) is 21.8. The van der Waals surface area contributed by atoms with Gasteiger partial charge in [0.1, 0.15) is 6.04 Å². The molecule has 0 radical (unpaired) electrons. The summed E-state index contributed by atoms with van der Waals surface area (Å²) >= 11 is 4.17.